The first kappa shape index (κ1) is 15.1. The molecule has 0 aromatic heterocycles. The highest BCUT2D eigenvalue weighted by molar-refractivity contribution is 6.30. The van der Waals surface area contributed by atoms with Gasteiger partial charge in [0.1, 0.15) is 11.6 Å². The van der Waals surface area contributed by atoms with Gasteiger partial charge in [-0.25, -0.2) is 4.39 Å². The van der Waals surface area contributed by atoms with Gasteiger partial charge in [0.05, 0.1) is 5.69 Å². The summed E-state index contributed by atoms with van der Waals surface area (Å²) in [6.45, 7) is 1.56. The number of nitrogen functional groups attached to an aromatic ring is 1. The normalized spacial score (nSPS) is 11.8. The highest BCUT2D eigenvalue weighted by atomic mass is 35.5. The molecule has 0 radical (unpaired) electrons. The van der Waals surface area contributed by atoms with Crippen LogP contribution in [0.15, 0.2) is 42.5 Å². The Hall–Kier alpha value is -2.27. The molecule has 0 spiro atoms. The lowest BCUT2D eigenvalue weighted by molar-refractivity contribution is -0.122. The molecule has 2 aromatic rings. The van der Waals surface area contributed by atoms with Crippen molar-refractivity contribution in [2.45, 2.75) is 13.0 Å². The second-order valence-corrected chi connectivity index (χ2v) is 4.88. The summed E-state index contributed by atoms with van der Waals surface area (Å²) < 4.78 is 19.1. The van der Waals surface area contributed by atoms with Crippen molar-refractivity contribution in [2.24, 2.45) is 0 Å². The summed E-state index contributed by atoms with van der Waals surface area (Å²) in [6.07, 6.45) is -0.805. The number of nitrogens with one attached hydrogen (secondary N) is 1. The zero-order valence-electron chi connectivity index (χ0n) is 11.3. The molecule has 4 nitrogen and oxygen atoms in total. The molecule has 1 atom stereocenters. The molecule has 21 heavy (non-hydrogen) atoms. The van der Waals surface area contributed by atoms with Crippen molar-refractivity contribution in [3.63, 3.8) is 0 Å². The van der Waals surface area contributed by atoms with Crippen LogP contribution in [0.2, 0.25) is 5.02 Å². The van der Waals surface area contributed by atoms with Crippen LogP contribution in [0.4, 0.5) is 15.8 Å². The molecule has 6 heteroatoms. The fourth-order valence-corrected chi connectivity index (χ4v) is 1.85. The Morgan fingerprint density at radius 1 is 1.33 bits per heavy atom. The van der Waals surface area contributed by atoms with Crippen molar-refractivity contribution in [1.29, 1.82) is 0 Å². The van der Waals surface area contributed by atoms with Crippen molar-refractivity contribution in [3.05, 3.63) is 53.3 Å². The maximum absolute atomic E-state index is 13.6. The van der Waals surface area contributed by atoms with Crippen LogP contribution < -0.4 is 15.8 Å². The predicted octanol–water partition coefficient (Wildman–Crippen LogP) is 3.47. The molecule has 1 unspecified atom stereocenters. The average molecular weight is 309 g/mol. The number of anilines is 2. The molecule has 2 rings (SSSR count). The number of hydrogen-bond donors (Lipinski definition) is 2. The number of halogens is 2. The Bertz CT molecular complexity index is 664. The monoisotopic (exact) mass is 308 g/mol. The summed E-state index contributed by atoms with van der Waals surface area (Å²) in [7, 11) is 0. The Morgan fingerprint density at radius 2 is 2.10 bits per heavy atom. The molecule has 3 N–H and O–H groups in total. The van der Waals surface area contributed by atoms with E-state index < -0.39 is 17.8 Å². The fraction of sp³-hybridized carbons (Fsp3) is 0.133. The maximum atomic E-state index is 13.6. The van der Waals surface area contributed by atoms with Crippen LogP contribution in [0.5, 0.6) is 5.75 Å². The van der Waals surface area contributed by atoms with Gasteiger partial charge in [-0.05, 0) is 43.3 Å². The minimum atomic E-state index is -0.805. The molecule has 0 aliphatic rings. The van der Waals surface area contributed by atoms with E-state index in [0.717, 1.165) is 6.07 Å². The topological polar surface area (TPSA) is 64.3 Å². The van der Waals surface area contributed by atoms with E-state index in [4.69, 9.17) is 22.1 Å². The van der Waals surface area contributed by atoms with Crippen molar-refractivity contribution in [1.82, 2.24) is 0 Å². The number of carbonyl (C=O) groups is 1. The van der Waals surface area contributed by atoms with Crippen molar-refractivity contribution < 1.29 is 13.9 Å². The lowest BCUT2D eigenvalue weighted by atomic mass is 10.2. The van der Waals surface area contributed by atoms with E-state index >= 15 is 0 Å². The lowest BCUT2D eigenvalue weighted by Gasteiger charge is -2.15. The zero-order valence-corrected chi connectivity index (χ0v) is 12.0. The fourth-order valence-electron chi connectivity index (χ4n) is 1.67. The van der Waals surface area contributed by atoms with Gasteiger partial charge in [0.15, 0.2) is 6.10 Å². The molecular formula is C15H14ClFN2O2. The van der Waals surface area contributed by atoms with Gasteiger partial charge in [0.25, 0.3) is 5.91 Å². The van der Waals surface area contributed by atoms with Crippen LogP contribution in [0.3, 0.4) is 0 Å². The first-order valence-electron chi connectivity index (χ1n) is 6.24. The van der Waals surface area contributed by atoms with Gasteiger partial charge in [0.2, 0.25) is 0 Å². The number of ether oxygens (including phenoxy) is 1. The average Bonchev–Trinajstić information content (AvgIpc) is 2.41. The van der Waals surface area contributed by atoms with Gasteiger partial charge in [-0.1, -0.05) is 17.7 Å². The van der Waals surface area contributed by atoms with Crippen LogP contribution >= 0.6 is 11.6 Å². The minimum absolute atomic E-state index is 0.0516. The Kier molecular flexibility index (Phi) is 4.65. The van der Waals surface area contributed by atoms with Gasteiger partial charge in [-0.3, -0.25) is 4.79 Å². The summed E-state index contributed by atoms with van der Waals surface area (Å²) in [5.41, 5.74) is 5.78. The van der Waals surface area contributed by atoms with Crippen LogP contribution in [-0.4, -0.2) is 12.0 Å². The third-order valence-corrected chi connectivity index (χ3v) is 2.96. The molecule has 0 aliphatic carbocycles. The molecular weight excluding hydrogens is 295 g/mol. The standard InChI is InChI=1S/C15H14ClFN2O2/c1-9(21-12-4-2-3-10(16)7-12)15(20)19-14-6-5-11(18)8-13(14)17/h2-9H,18H2,1H3,(H,19,20). The number of hydrogen-bond acceptors (Lipinski definition) is 3. The Morgan fingerprint density at radius 3 is 2.76 bits per heavy atom. The van der Waals surface area contributed by atoms with Gasteiger partial charge in [-0.15, -0.1) is 0 Å². The van der Waals surface area contributed by atoms with Gasteiger partial charge in [-0.2, -0.15) is 0 Å². The first-order valence-corrected chi connectivity index (χ1v) is 6.61. The van der Waals surface area contributed by atoms with Gasteiger partial charge < -0.3 is 15.8 Å². The lowest BCUT2D eigenvalue weighted by Crippen LogP contribution is -2.30. The minimum Gasteiger partial charge on any atom is -0.481 e. The highest BCUT2D eigenvalue weighted by Gasteiger charge is 2.16. The molecule has 0 heterocycles. The second kappa shape index (κ2) is 6.45. The van der Waals surface area contributed by atoms with E-state index in [0.29, 0.717) is 10.8 Å². The molecule has 1 amide bonds. The zero-order chi connectivity index (χ0) is 15.4. The van der Waals surface area contributed by atoms with Crippen molar-refractivity contribution in [2.75, 3.05) is 11.1 Å². The highest BCUT2D eigenvalue weighted by Crippen LogP contribution is 2.20. The van der Waals surface area contributed by atoms with E-state index in [9.17, 15) is 9.18 Å². The predicted molar refractivity (Wildman–Crippen MR) is 81.0 cm³/mol. The molecule has 0 saturated heterocycles. The van der Waals surface area contributed by atoms with E-state index in [1.165, 1.54) is 12.1 Å². The van der Waals surface area contributed by atoms with E-state index in [-0.39, 0.29) is 11.4 Å². The number of nitrogens with two attached hydrogens (primary N) is 1. The van der Waals surface area contributed by atoms with E-state index in [1.807, 2.05) is 0 Å². The third-order valence-electron chi connectivity index (χ3n) is 2.73. The summed E-state index contributed by atoms with van der Waals surface area (Å²) in [4.78, 5) is 12.0. The smallest absolute Gasteiger partial charge is 0.265 e. The van der Waals surface area contributed by atoms with Gasteiger partial charge in [0, 0.05) is 10.7 Å². The summed E-state index contributed by atoms with van der Waals surface area (Å²) in [6, 6.07) is 10.7. The van der Waals surface area contributed by atoms with Crippen molar-refractivity contribution >= 4 is 28.9 Å². The molecule has 0 aliphatic heterocycles. The molecule has 0 saturated carbocycles. The van der Waals surface area contributed by atoms with E-state index in [1.54, 1.807) is 31.2 Å². The molecule has 110 valence electrons. The molecule has 0 bridgehead atoms. The number of amides is 1. The van der Waals surface area contributed by atoms with Crippen LogP contribution in [0, 0.1) is 5.82 Å². The SMILES string of the molecule is CC(Oc1cccc(Cl)c1)C(=O)Nc1ccc(N)cc1F. The number of benzene rings is 2. The Labute approximate surface area is 126 Å². The number of rotatable bonds is 4. The quantitative estimate of drug-likeness (QED) is 0.850. The van der Waals surface area contributed by atoms with Crippen molar-refractivity contribution in [3.8, 4) is 5.75 Å². The van der Waals surface area contributed by atoms with Gasteiger partial charge >= 0.3 is 0 Å². The second-order valence-electron chi connectivity index (χ2n) is 4.45. The van der Waals surface area contributed by atoms with E-state index in [2.05, 4.69) is 5.32 Å². The largest absolute Gasteiger partial charge is 0.481 e. The number of carbonyl (C=O) groups excluding carboxylic acids is 1. The first-order chi connectivity index (χ1) is 9.95. The van der Waals surface area contributed by atoms with Crippen LogP contribution in [-0.2, 0) is 4.79 Å². The summed E-state index contributed by atoms with van der Waals surface area (Å²) in [5, 5.41) is 2.95. The Balaban J connectivity index is 2.02. The molecule has 0 fully saturated rings. The maximum Gasteiger partial charge on any atom is 0.265 e. The van der Waals surface area contributed by atoms with Crippen LogP contribution in [0.1, 0.15) is 6.92 Å². The molecule has 2 aromatic carbocycles. The summed E-state index contributed by atoms with van der Waals surface area (Å²) in [5.74, 6) is -0.611. The summed E-state index contributed by atoms with van der Waals surface area (Å²) >= 11 is 5.83. The third kappa shape index (κ3) is 4.10. The van der Waals surface area contributed by atoms with Crippen LogP contribution in [0.25, 0.3) is 0 Å².